The van der Waals surface area contributed by atoms with E-state index in [2.05, 4.69) is 10.1 Å². The van der Waals surface area contributed by atoms with Crippen molar-refractivity contribution in [3.63, 3.8) is 0 Å². The van der Waals surface area contributed by atoms with Crippen LogP contribution in [0.25, 0.3) is 0 Å². The fourth-order valence-electron chi connectivity index (χ4n) is 1.54. The molecule has 0 fully saturated rings. The van der Waals surface area contributed by atoms with Gasteiger partial charge in [0.1, 0.15) is 5.75 Å². The summed E-state index contributed by atoms with van der Waals surface area (Å²) in [6.45, 7) is 3.52. The van der Waals surface area contributed by atoms with Gasteiger partial charge >= 0.3 is 5.97 Å². The summed E-state index contributed by atoms with van der Waals surface area (Å²) in [6, 6.07) is 4.87. The van der Waals surface area contributed by atoms with Gasteiger partial charge in [0.2, 0.25) is 11.7 Å². The van der Waals surface area contributed by atoms with Crippen molar-refractivity contribution in [1.82, 2.24) is 10.1 Å². The van der Waals surface area contributed by atoms with E-state index in [0.717, 1.165) is 0 Å². The van der Waals surface area contributed by atoms with Crippen LogP contribution in [0, 0.1) is 13.8 Å². The minimum atomic E-state index is -0.978. The molecular weight excluding hydrogens is 236 g/mol. The molecule has 1 N–H and O–H groups in total. The van der Waals surface area contributed by atoms with Gasteiger partial charge in [0, 0.05) is 12.5 Å². The second kappa shape index (κ2) is 4.87. The Labute approximate surface area is 103 Å². The Hall–Kier alpha value is -2.37. The Bertz CT molecular complexity index is 577. The summed E-state index contributed by atoms with van der Waals surface area (Å²) in [6.07, 6.45) is 0. The van der Waals surface area contributed by atoms with E-state index in [0.29, 0.717) is 23.0 Å². The fourth-order valence-corrected chi connectivity index (χ4v) is 1.54. The molecule has 1 aromatic carbocycles. The number of benzene rings is 1. The molecule has 2 rings (SSSR count). The highest BCUT2D eigenvalue weighted by Crippen LogP contribution is 2.22. The van der Waals surface area contributed by atoms with Gasteiger partial charge in [-0.25, -0.2) is 4.79 Å². The standard InChI is InChI=1S/C12H12N2O4/c1-7-9(12(15)16)4-3-5-10(7)17-6-11-13-8(2)18-14-11/h3-5H,6H2,1-2H3,(H,15,16). The van der Waals surface area contributed by atoms with Crippen LogP contribution in [0.2, 0.25) is 0 Å². The summed E-state index contributed by atoms with van der Waals surface area (Å²) >= 11 is 0. The Morgan fingerprint density at radius 3 is 2.83 bits per heavy atom. The molecule has 0 saturated carbocycles. The van der Waals surface area contributed by atoms with Crippen molar-refractivity contribution < 1.29 is 19.2 Å². The highest BCUT2D eigenvalue weighted by molar-refractivity contribution is 5.90. The molecular formula is C12H12N2O4. The van der Waals surface area contributed by atoms with Crippen molar-refractivity contribution in [2.24, 2.45) is 0 Å². The number of nitrogens with zero attached hydrogens (tertiary/aromatic N) is 2. The van der Waals surface area contributed by atoms with Gasteiger partial charge in [-0.15, -0.1) is 0 Å². The predicted molar refractivity (Wildman–Crippen MR) is 61.5 cm³/mol. The van der Waals surface area contributed by atoms with E-state index in [1.807, 2.05) is 0 Å². The van der Waals surface area contributed by atoms with Gasteiger partial charge in [0.15, 0.2) is 6.61 Å². The average molecular weight is 248 g/mol. The maximum Gasteiger partial charge on any atom is 0.336 e. The van der Waals surface area contributed by atoms with E-state index in [4.69, 9.17) is 14.4 Å². The summed E-state index contributed by atoms with van der Waals surface area (Å²) in [5, 5.41) is 12.7. The maximum atomic E-state index is 11.0. The van der Waals surface area contributed by atoms with Crippen LogP contribution in [-0.4, -0.2) is 21.2 Å². The summed E-state index contributed by atoms with van der Waals surface area (Å²) < 4.78 is 10.3. The van der Waals surface area contributed by atoms with Crippen molar-refractivity contribution in [2.75, 3.05) is 0 Å². The SMILES string of the molecule is Cc1nc(COc2cccc(C(=O)O)c2C)no1. The number of carboxylic acids is 1. The zero-order valence-corrected chi connectivity index (χ0v) is 10.0. The van der Waals surface area contributed by atoms with Crippen LogP contribution in [0.4, 0.5) is 0 Å². The molecule has 0 saturated heterocycles. The zero-order chi connectivity index (χ0) is 13.1. The Morgan fingerprint density at radius 2 is 2.22 bits per heavy atom. The molecule has 0 radical (unpaired) electrons. The predicted octanol–water partition coefficient (Wildman–Crippen LogP) is 1.96. The van der Waals surface area contributed by atoms with Gasteiger partial charge in [-0.1, -0.05) is 11.2 Å². The van der Waals surface area contributed by atoms with Gasteiger partial charge in [-0.05, 0) is 19.1 Å². The van der Waals surface area contributed by atoms with Crippen LogP contribution in [0.1, 0.15) is 27.6 Å². The monoisotopic (exact) mass is 248 g/mol. The summed E-state index contributed by atoms with van der Waals surface area (Å²) in [5.41, 5.74) is 0.794. The minimum Gasteiger partial charge on any atom is -0.485 e. The van der Waals surface area contributed by atoms with Gasteiger partial charge in [-0.2, -0.15) is 4.98 Å². The molecule has 94 valence electrons. The molecule has 1 aromatic heterocycles. The summed E-state index contributed by atoms with van der Waals surface area (Å²) in [4.78, 5) is 15.0. The highest BCUT2D eigenvalue weighted by Gasteiger charge is 2.11. The first-order chi connectivity index (χ1) is 8.58. The quantitative estimate of drug-likeness (QED) is 0.890. The molecule has 0 aliphatic heterocycles. The molecule has 6 nitrogen and oxygen atoms in total. The van der Waals surface area contributed by atoms with Crippen LogP contribution in [-0.2, 0) is 6.61 Å². The van der Waals surface area contributed by atoms with Crippen molar-refractivity contribution in [3.8, 4) is 5.75 Å². The number of carboxylic acid groups (broad SMARTS) is 1. The Morgan fingerprint density at radius 1 is 1.44 bits per heavy atom. The normalized spacial score (nSPS) is 10.3. The number of aryl methyl sites for hydroxylation is 1. The molecule has 0 aliphatic rings. The second-order valence-electron chi connectivity index (χ2n) is 3.75. The lowest BCUT2D eigenvalue weighted by Crippen LogP contribution is -2.04. The number of ether oxygens (including phenoxy) is 1. The van der Waals surface area contributed by atoms with Crippen LogP contribution >= 0.6 is 0 Å². The number of hydrogen-bond acceptors (Lipinski definition) is 5. The molecule has 0 amide bonds. The lowest BCUT2D eigenvalue weighted by Gasteiger charge is -2.08. The van der Waals surface area contributed by atoms with E-state index in [1.54, 1.807) is 26.0 Å². The molecule has 0 spiro atoms. The zero-order valence-electron chi connectivity index (χ0n) is 10.0. The summed E-state index contributed by atoms with van der Waals surface area (Å²) in [7, 11) is 0. The largest absolute Gasteiger partial charge is 0.485 e. The first-order valence-electron chi connectivity index (χ1n) is 5.33. The smallest absolute Gasteiger partial charge is 0.336 e. The number of aromatic nitrogens is 2. The third kappa shape index (κ3) is 2.48. The third-order valence-corrected chi connectivity index (χ3v) is 2.44. The molecule has 18 heavy (non-hydrogen) atoms. The number of aromatic carboxylic acids is 1. The first kappa shape index (κ1) is 12.1. The number of carbonyl (C=O) groups is 1. The van der Waals surface area contributed by atoms with E-state index < -0.39 is 5.97 Å². The topological polar surface area (TPSA) is 85.5 Å². The van der Waals surface area contributed by atoms with Gasteiger partial charge < -0.3 is 14.4 Å². The second-order valence-corrected chi connectivity index (χ2v) is 3.75. The minimum absolute atomic E-state index is 0.140. The van der Waals surface area contributed by atoms with Crippen LogP contribution in [0.3, 0.4) is 0 Å². The van der Waals surface area contributed by atoms with E-state index in [-0.39, 0.29) is 12.2 Å². The van der Waals surface area contributed by atoms with Crippen molar-refractivity contribution in [1.29, 1.82) is 0 Å². The molecule has 0 unspecified atom stereocenters. The Kier molecular flexibility index (Phi) is 3.27. The van der Waals surface area contributed by atoms with Gasteiger partial charge in [-0.3, -0.25) is 0 Å². The molecule has 0 bridgehead atoms. The fraction of sp³-hybridized carbons (Fsp3) is 0.250. The van der Waals surface area contributed by atoms with Crippen LogP contribution in [0.15, 0.2) is 22.7 Å². The summed E-state index contributed by atoms with van der Waals surface area (Å²) in [5.74, 6) is 0.406. The van der Waals surface area contributed by atoms with E-state index in [1.165, 1.54) is 6.07 Å². The van der Waals surface area contributed by atoms with E-state index in [9.17, 15) is 4.79 Å². The van der Waals surface area contributed by atoms with Crippen LogP contribution in [0.5, 0.6) is 5.75 Å². The third-order valence-electron chi connectivity index (χ3n) is 2.44. The lowest BCUT2D eigenvalue weighted by molar-refractivity contribution is 0.0695. The van der Waals surface area contributed by atoms with Crippen molar-refractivity contribution >= 4 is 5.97 Å². The molecule has 2 aromatic rings. The maximum absolute atomic E-state index is 11.0. The van der Waals surface area contributed by atoms with Gasteiger partial charge in [0.05, 0.1) is 5.56 Å². The molecule has 1 heterocycles. The number of hydrogen-bond donors (Lipinski definition) is 1. The van der Waals surface area contributed by atoms with E-state index >= 15 is 0 Å². The first-order valence-corrected chi connectivity index (χ1v) is 5.33. The lowest BCUT2D eigenvalue weighted by atomic mass is 10.1. The molecule has 0 atom stereocenters. The molecule has 6 heteroatoms. The number of rotatable bonds is 4. The van der Waals surface area contributed by atoms with Crippen molar-refractivity contribution in [2.45, 2.75) is 20.5 Å². The van der Waals surface area contributed by atoms with Crippen LogP contribution < -0.4 is 4.74 Å². The van der Waals surface area contributed by atoms with Crippen molar-refractivity contribution in [3.05, 3.63) is 41.0 Å². The highest BCUT2D eigenvalue weighted by atomic mass is 16.5. The Balaban J connectivity index is 2.14. The molecule has 0 aliphatic carbocycles. The van der Waals surface area contributed by atoms with Gasteiger partial charge in [0.25, 0.3) is 0 Å². The average Bonchev–Trinajstić information content (AvgIpc) is 2.73.